The van der Waals surface area contributed by atoms with E-state index in [2.05, 4.69) is 10.3 Å². The normalized spacial score (nSPS) is 11.3. The number of fused-ring (bicyclic) bond motifs is 1. The van der Waals surface area contributed by atoms with Crippen molar-refractivity contribution in [1.82, 2.24) is 0 Å². The maximum atomic E-state index is 13.3. The number of benzene rings is 3. The summed E-state index contributed by atoms with van der Waals surface area (Å²) >= 11 is 6.08. The number of hydrogen-bond acceptors (Lipinski definition) is 7. The number of aromatic carboxylic acids is 1. The maximum Gasteiger partial charge on any atom is 0.261 e. The zero-order chi connectivity index (χ0) is 24.2. The molecule has 0 fully saturated rings. The molecule has 1 aromatic heterocycles. The van der Waals surface area contributed by atoms with E-state index in [1.807, 2.05) is 0 Å². The molecule has 1 N–H and O–H groups in total. The highest BCUT2D eigenvalue weighted by Gasteiger charge is 2.16. The predicted octanol–water partition coefficient (Wildman–Crippen LogP) is 3.95. The Balaban J connectivity index is 1.85. The van der Waals surface area contributed by atoms with Crippen LogP contribution in [0.25, 0.3) is 11.0 Å². The highest BCUT2D eigenvalue weighted by molar-refractivity contribution is 6.31. The average Bonchev–Trinajstić information content (AvgIpc) is 2.83. The molecule has 1 amide bonds. The summed E-state index contributed by atoms with van der Waals surface area (Å²) in [6.45, 7) is 0. The smallest absolute Gasteiger partial charge is 0.261 e. The zero-order valence-electron chi connectivity index (χ0n) is 18.1. The van der Waals surface area contributed by atoms with Crippen LogP contribution in [0.15, 0.2) is 76.1 Å². The molecular weight excluding hydrogens is 460 g/mol. The zero-order valence-corrected chi connectivity index (χ0v) is 18.9. The van der Waals surface area contributed by atoms with Gasteiger partial charge in [-0.15, -0.1) is 0 Å². The lowest BCUT2D eigenvalue weighted by atomic mass is 10.1. The van der Waals surface area contributed by atoms with Crippen molar-refractivity contribution in [3.8, 4) is 11.5 Å². The molecule has 4 rings (SSSR count). The number of carbonyl (C=O) groups is 2. The molecule has 0 atom stereocenters. The standard InChI is InChI=1S/C25H19ClN2O6/c1-32-18-8-10-21-15(11-18)12-19(23(29)28-20-13-16(26)5-9-22(20)33-2)24(34-21)27-17-6-3-14(4-7-17)25(30)31/h3-13H,1-2H3,(H,28,29)(H,30,31)/p-1. The highest BCUT2D eigenvalue weighted by atomic mass is 35.5. The summed E-state index contributed by atoms with van der Waals surface area (Å²) in [5, 5.41) is 14.8. The maximum absolute atomic E-state index is 13.3. The number of carboxylic acid groups (broad SMARTS) is 1. The van der Waals surface area contributed by atoms with Gasteiger partial charge in [-0.3, -0.25) is 4.79 Å². The summed E-state index contributed by atoms with van der Waals surface area (Å²) in [6, 6.07) is 17.3. The molecule has 172 valence electrons. The number of carbonyl (C=O) groups excluding carboxylic acids is 2. The van der Waals surface area contributed by atoms with Crippen molar-refractivity contribution in [1.29, 1.82) is 0 Å². The fourth-order valence-electron chi connectivity index (χ4n) is 3.24. The minimum absolute atomic E-state index is 0.00696. The van der Waals surface area contributed by atoms with Crippen molar-refractivity contribution in [2.75, 3.05) is 19.5 Å². The molecule has 0 radical (unpaired) electrons. The fourth-order valence-corrected chi connectivity index (χ4v) is 3.41. The lowest BCUT2D eigenvalue weighted by Crippen LogP contribution is -2.22. The Labute approximate surface area is 199 Å². The highest BCUT2D eigenvalue weighted by Crippen LogP contribution is 2.28. The number of amides is 1. The van der Waals surface area contributed by atoms with E-state index >= 15 is 0 Å². The number of nitrogens with one attached hydrogen (secondary N) is 1. The number of anilines is 1. The first-order valence-electron chi connectivity index (χ1n) is 10.0. The molecule has 1 heterocycles. The van der Waals surface area contributed by atoms with Gasteiger partial charge in [-0.1, -0.05) is 23.7 Å². The molecular formula is C25H18ClN2O6-. The van der Waals surface area contributed by atoms with Crippen LogP contribution in [-0.2, 0) is 0 Å². The number of hydrogen-bond donors (Lipinski definition) is 1. The molecule has 0 saturated heterocycles. The van der Waals surface area contributed by atoms with E-state index in [9.17, 15) is 14.7 Å². The quantitative estimate of drug-likeness (QED) is 0.450. The lowest BCUT2D eigenvalue weighted by molar-refractivity contribution is -0.255. The number of nitrogens with zero attached hydrogens (tertiary/aromatic N) is 1. The number of ether oxygens (including phenoxy) is 2. The van der Waals surface area contributed by atoms with Crippen molar-refractivity contribution in [2.45, 2.75) is 0 Å². The Morgan fingerprint density at radius 3 is 2.41 bits per heavy atom. The van der Waals surface area contributed by atoms with Crippen LogP contribution in [0, 0.1) is 0 Å². The molecule has 0 bridgehead atoms. The van der Waals surface area contributed by atoms with Crippen molar-refractivity contribution in [2.24, 2.45) is 4.99 Å². The third-order valence-electron chi connectivity index (χ3n) is 4.94. The number of carboxylic acids is 1. The van der Waals surface area contributed by atoms with Crippen LogP contribution in [0.4, 0.5) is 11.4 Å². The van der Waals surface area contributed by atoms with Crippen LogP contribution >= 0.6 is 11.6 Å². The van der Waals surface area contributed by atoms with Gasteiger partial charge in [0.1, 0.15) is 22.6 Å². The number of rotatable bonds is 6. The van der Waals surface area contributed by atoms with Crippen molar-refractivity contribution in [3.05, 3.63) is 88.4 Å². The monoisotopic (exact) mass is 477 g/mol. The molecule has 9 heteroatoms. The second kappa shape index (κ2) is 9.68. The van der Waals surface area contributed by atoms with Crippen LogP contribution in [0.5, 0.6) is 11.5 Å². The van der Waals surface area contributed by atoms with Crippen molar-refractivity contribution < 1.29 is 28.6 Å². The minimum atomic E-state index is -1.30. The third-order valence-corrected chi connectivity index (χ3v) is 5.18. The Bertz CT molecular complexity index is 1460. The topological polar surface area (TPSA) is 113 Å². The van der Waals surface area contributed by atoms with E-state index in [4.69, 9.17) is 25.5 Å². The first kappa shape index (κ1) is 22.9. The molecule has 0 spiro atoms. The summed E-state index contributed by atoms with van der Waals surface area (Å²) < 4.78 is 16.5. The SMILES string of the molecule is COc1ccc2oc(=Nc3ccc(C(=O)[O-])cc3)c(C(=O)Nc3cc(Cl)ccc3OC)cc2c1. The fraction of sp³-hybridized carbons (Fsp3) is 0.0800. The molecule has 0 aliphatic rings. The minimum Gasteiger partial charge on any atom is -0.545 e. The van der Waals surface area contributed by atoms with Crippen molar-refractivity contribution in [3.63, 3.8) is 0 Å². The summed E-state index contributed by atoms with van der Waals surface area (Å²) in [7, 11) is 3.02. The van der Waals surface area contributed by atoms with E-state index < -0.39 is 11.9 Å². The van der Waals surface area contributed by atoms with Gasteiger partial charge in [0.15, 0.2) is 0 Å². The molecule has 34 heavy (non-hydrogen) atoms. The van der Waals surface area contributed by atoms with Gasteiger partial charge >= 0.3 is 0 Å². The molecule has 3 aromatic carbocycles. The van der Waals surface area contributed by atoms with E-state index in [1.165, 1.54) is 38.5 Å². The van der Waals surface area contributed by atoms with Crippen LogP contribution < -0.4 is 25.5 Å². The summed E-state index contributed by atoms with van der Waals surface area (Å²) in [5.41, 5.74) is 1.39. The van der Waals surface area contributed by atoms with Crippen LogP contribution in [0.3, 0.4) is 0 Å². The van der Waals surface area contributed by atoms with E-state index in [0.717, 1.165) is 0 Å². The van der Waals surface area contributed by atoms with Gasteiger partial charge < -0.3 is 29.1 Å². The first-order chi connectivity index (χ1) is 16.4. The van der Waals surface area contributed by atoms with Gasteiger partial charge in [0.2, 0.25) is 5.55 Å². The Morgan fingerprint density at radius 2 is 1.74 bits per heavy atom. The van der Waals surface area contributed by atoms with Crippen LogP contribution in [-0.4, -0.2) is 26.1 Å². The van der Waals surface area contributed by atoms with E-state index in [0.29, 0.717) is 38.9 Å². The predicted molar refractivity (Wildman–Crippen MR) is 125 cm³/mol. The number of halogens is 1. The Hall–Kier alpha value is -4.30. The van der Waals surface area contributed by atoms with Gasteiger partial charge in [0, 0.05) is 10.4 Å². The van der Waals surface area contributed by atoms with E-state index in [-0.39, 0.29) is 16.7 Å². The van der Waals surface area contributed by atoms with Gasteiger partial charge in [0.05, 0.1) is 31.6 Å². The third kappa shape index (κ3) is 4.87. The molecule has 0 unspecified atom stereocenters. The van der Waals surface area contributed by atoms with E-state index in [1.54, 1.807) is 42.5 Å². The molecule has 0 aliphatic heterocycles. The summed E-state index contributed by atoms with van der Waals surface area (Å²) in [5.74, 6) is -0.799. The molecule has 4 aromatic rings. The molecule has 0 aliphatic carbocycles. The first-order valence-corrected chi connectivity index (χ1v) is 10.4. The number of methoxy groups -OCH3 is 2. The summed E-state index contributed by atoms with van der Waals surface area (Å²) in [6.07, 6.45) is 0. The van der Waals surface area contributed by atoms with Gasteiger partial charge in [-0.2, -0.15) is 0 Å². The Morgan fingerprint density at radius 1 is 0.971 bits per heavy atom. The average molecular weight is 478 g/mol. The van der Waals surface area contributed by atoms with Crippen LogP contribution in [0.2, 0.25) is 5.02 Å². The second-order valence-corrected chi connectivity index (χ2v) is 7.55. The molecule has 8 nitrogen and oxygen atoms in total. The van der Waals surface area contributed by atoms with Gasteiger partial charge in [-0.25, -0.2) is 4.99 Å². The second-order valence-electron chi connectivity index (χ2n) is 7.11. The molecule has 0 saturated carbocycles. The van der Waals surface area contributed by atoms with Crippen LogP contribution in [0.1, 0.15) is 20.7 Å². The van der Waals surface area contributed by atoms with Gasteiger partial charge in [-0.05, 0) is 60.2 Å². The largest absolute Gasteiger partial charge is 0.545 e. The lowest BCUT2D eigenvalue weighted by Gasteiger charge is -2.11. The van der Waals surface area contributed by atoms with Crippen molar-refractivity contribution >= 4 is 45.8 Å². The Kier molecular flexibility index (Phi) is 6.51. The summed E-state index contributed by atoms with van der Waals surface area (Å²) in [4.78, 5) is 28.7. The van der Waals surface area contributed by atoms with Gasteiger partial charge in [0.25, 0.3) is 5.91 Å².